The lowest BCUT2D eigenvalue weighted by Gasteiger charge is -2.29. The molecule has 0 bridgehead atoms. The van der Waals surface area contributed by atoms with Crippen LogP contribution in [0.5, 0.6) is 0 Å². The van der Waals surface area contributed by atoms with Crippen molar-refractivity contribution < 1.29 is 9.59 Å². The molecule has 0 aliphatic heterocycles. The summed E-state index contributed by atoms with van der Waals surface area (Å²) >= 11 is 0. The van der Waals surface area contributed by atoms with E-state index in [0.717, 1.165) is 0 Å². The summed E-state index contributed by atoms with van der Waals surface area (Å²) in [5.74, 6) is 0.131. The van der Waals surface area contributed by atoms with E-state index in [2.05, 4.69) is 19.2 Å². The van der Waals surface area contributed by atoms with Crippen LogP contribution in [0.4, 0.5) is 0 Å². The molecule has 4 heteroatoms. The molecule has 1 amide bonds. The molecule has 4 nitrogen and oxygen atoms in total. The van der Waals surface area contributed by atoms with Crippen molar-refractivity contribution in [2.75, 3.05) is 20.6 Å². The fourth-order valence-corrected chi connectivity index (χ4v) is 1.62. The van der Waals surface area contributed by atoms with E-state index in [0.29, 0.717) is 0 Å². The van der Waals surface area contributed by atoms with Crippen molar-refractivity contribution >= 4 is 11.7 Å². The molecule has 0 spiro atoms. The van der Waals surface area contributed by atoms with Gasteiger partial charge in [0.2, 0.25) is 5.91 Å². The van der Waals surface area contributed by atoms with Crippen LogP contribution in [0.1, 0.15) is 41.0 Å². The Morgan fingerprint density at radius 1 is 1.24 bits per heavy atom. The van der Waals surface area contributed by atoms with Gasteiger partial charge in [-0.3, -0.25) is 9.59 Å². The summed E-state index contributed by atoms with van der Waals surface area (Å²) in [6, 6.07) is -0.309. The van der Waals surface area contributed by atoms with Gasteiger partial charge in [0.25, 0.3) is 0 Å². The number of hydrogen-bond acceptors (Lipinski definition) is 3. The van der Waals surface area contributed by atoms with Gasteiger partial charge in [-0.05, 0) is 19.9 Å². The van der Waals surface area contributed by atoms with Crippen LogP contribution in [0.25, 0.3) is 0 Å². The van der Waals surface area contributed by atoms with Gasteiger partial charge in [-0.25, -0.2) is 0 Å². The molecule has 0 radical (unpaired) electrons. The summed E-state index contributed by atoms with van der Waals surface area (Å²) < 4.78 is 0. The third kappa shape index (κ3) is 7.91. The number of amides is 1. The predicted molar refractivity (Wildman–Crippen MR) is 72.0 cm³/mol. The van der Waals surface area contributed by atoms with Gasteiger partial charge < -0.3 is 10.2 Å². The van der Waals surface area contributed by atoms with Crippen molar-refractivity contribution in [1.29, 1.82) is 0 Å². The number of carbonyl (C=O) groups excluding carboxylic acids is 2. The minimum atomic E-state index is -0.309. The summed E-state index contributed by atoms with van der Waals surface area (Å²) in [7, 11) is 3.38. The fraction of sp³-hybridized carbons (Fsp3) is 0.846. The second-order valence-electron chi connectivity index (χ2n) is 4.54. The molecule has 0 aliphatic rings. The molecule has 102 valence electrons. The van der Waals surface area contributed by atoms with Crippen LogP contribution >= 0.6 is 0 Å². The van der Waals surface area contributed by atoms with Gasteiger partial charge in [-0.2, -0.15) is 0 Å². The Balaban J connectivity index is 0. The molecule has 1 unspecified atom stereocenters. The minimum Gasteiger partial charge on any atom is -0.334 e. The lowest BCUT2D eigenvalue weighted by molar-refractivity contribution is -0.138. The van der Waals surface area contributed by atoms with Crippen molar-refractivity contribution in [3.8, 4) is 0 Å². The number of ketones is 1. The Hall–Kier alpha value is -0.900. The van der Waals surface area contributed by atoms with E-state index < -0.39 is 0 Å². The average molecular weight is 244 g/mol. The highest BCUT2D eigenvalue weighted by atomic mass is 16.2. The molecule has 17 heavy (non-hydrogen) atoms. The number of rotatable bonds is 5. The summed E-state index contributed by atoms with van der Waals surface area (Å²) in [4.78, 5) is 24.3. The van der Waals surface area contributed by atoms with Crippen molar-refractivity contribution in [3.63, 3.8) is 0 Å². The molecule has 0 aromatic rings. The van der Waals surface area contributed by atoms with Gasteiger partial charge in [0.15, 0.2) is 5.78 Å². The topological polar surface area (TPSA) is 49.4 Å². The van der Waals surface area contributed by atoms with Crippen LogP contribution in [0, 0.1) is 5.92 Å². The van der Waals surface area contributed by atoms with Gasteiger partial charge in [-0.15, -0.1) is 0 Å². The Bertz CT molecular complexity index is 227. The van der Waals surface area contributed by atoms with Crippen LogP contribution in [0.3, 0.4) is 0 Å². The Labute approximate surface area is 106 Å². The van der Waals surface area contributed by atoms with E-state index in [1.165, 1.54) is 18.2 Å². The summed E-state index contributed by atoms with van der Waals surface area (Å²) in [5.41, 5.74) is 0. The third-order valence-electron chi connectivity index (χ3n) is 2.19. The van der Waals surface area contributed by atoms with Crippen LogP contribution in [-0.4, -0.2) is 43.3 Å². The SMILES string of the molecule is CCC.CNCC(=O)N(C)C(C(C)=O)C(C)C. The lowest BCUT2D eigenvalue weighted by atomic mass is 9.99. The van der Waals surface area contributed by atoms with Gasteiger partial charge in [0, 0.05) is 7.05 Å². The Morgan fingerprint density at radius 2 is 1.65 bits per heavy atom. The molecule has 1 atom stereocenters. The van der Waals surface area contributed by atoms with E-state index >= 15 is 0 Å². The van der Waals surface area contributed by atoms with Gasteiger partial charge in [0.05, 0.1) is 12.6 Å². The zero-order valence-electron chi connectivity index (χ0n) is 12.3. The monoisotopic (exact) mass is 244 g/mol. The Morgan fingerprint density at radius 3 is 1.88 bits per heavy atom. The molecular formula is C13H28N2O2. The number of nitrogens with zero attached hydrogens (tertiary/aromatic N) is 1. The molecule has 0 aromatic heterocycles. The molecule has 0 saturated heterocycles. The maximum atomic E-state index is 11.5. The quantitative estimate of drug-likeness (QED) is 0.800. The number of Topliss-reactive ketones (excluding diaryl/α,β-unsaturated/α-hetero) is 1. The smallest absolute Gasteiger partial charge is 0.236 e. The van der Waals surface area contributed by atoms with Gasteiger partial charge in [0.1, 0.15) is 0 Å². The van der Waals surface area contributed by atoms with Crippen molar-refractivity contribution in [2.45, 2.75) is 47.1 Å². The highest BCUT2D eigenvalue weighted by Gasteiger charge is 2.26. The summed E-state index contributed by atoms with van der Waals surface area (Å²) in [5, 5.41) is 2.78. The molecular weight excluding hydrogens is 216 g/mol. The molecule has 0 rings (SSSR count). The van der Waals surface area contributed by atoms with Gasteiger partial charge in [-0.1, -0.05) is 34.1 Å². The highest BCUT2D eigenvalue weighted by Crippen LogP contribution is 2.10. The number of nitrogens with one attached hydrogen (secondary N) is 1. The molecule has 0 saturated carbocycles. The second kappa shape index (κ2) is 10.3. The van der Waals surface area contributed by atoms with Crippen LogP contribution in [-0.2, 0) is 9.59 Å². The fourth-order valence-electron chi connectivity index (χ4n) is 1.62. The van der Waals surface area contributed by atoms with Crippen molar-refractivity contribution in [3.05, 3.63) is 0 Å². The maximum Gasteiger partial charge on any atom is 0.236 e. The summed E-state index contributed by atoms with van der Waals surface area (Å²) in [6.45, 7) is 9.92. The van der Waals surface area contributed by atoms with Crippen LogP contribution < -0.4 is 5.32 Å². The van der Waals surface area contributed by atoms with Crippen LogP contribution in [0.2, 0.25) is 0 Å². The van der Waals surface area contributed by atoms with E-state index in [4.69, 9.17) is 0 Å². The van der Waals surface area contributed by atoms with Crippen molar-refractivity contribution in [2.24, 2.45) is 5.92 Å². The first-order valence-electron chi connectivity index (χ1n) is 6.24. The maximum absolute atomic E-state index is 11.5. The van der Waals surface area contributed by atoms with E-state index in [1.807, 2.05) is 13.8 Å². The third-order valence-corrected chi connectivity index (χ3v) is 2.19. The lowest BCUT2D eigenvalue weighted by Crippen LogP contribution is -2.47. The Kier molecular flexibility index (Phi) is 11.2. The number of hydrogen-bond donors (Lipinski definition) is 1. The molecule has 0 aliphatic carbocycles. The largest absolute Gasteiger partial charge is 0.334 e. The first-order chi connectivity index (χ1) is 7.83. The van der Waals surface area contributed by atoms with E-state index in [-0.39, 0.29) is 30.2 Å². The zero-order valence-corrected chi connectivity index (χ0v) is 12.3. The van der Waals surface area contributed by atoms with Crippen molar-refractivity contribution in [1.82, 2.24) is 10.2 Å². The zero-order chi connectivity index (χ0) is 14.0. The molecule has 1 N–H and O–H groups in total. The normalized spacial score (nSPS) is 11.5. The standard InChI is InChI=1S/C10H20N2O2.C3H8/c1-7(2)10(8(3)13)12(5)9(14)6-11-4;1-3-2/h7,10-11H,6H2,1-5H3;3H2,1-2H3. The first-order valence-corrected chi connectivity index (χ1v) is 6.24. The molecule has 0 heterocycles. The highest BCUT2D eigenvalue weighted by molar-refractivity contribution is 5.88. The minimum absolute atomic E-state index is 0.0342. The molecule has 0 aromatic carbocycles. The average Bonchev–Trinajstić information content (AvgIpc) is 2.17. The number of carbonyl (C=O) groups is 2. The van der Waals surface area contributed by atoms with E-state index in [1.54, 1.807) is 14.1 Å². The van der Waals surface area contributed by atoms with Crippen LogP contribution in [0.15, 0.2) is 0 Å². The van der Waals surface area contributed by atoms with Gasteiger partial charge >= 0.3 is 0 Å². The molecule has 0 fully saturated rings. The first kappa shape index (κ1) is 18.5. The second-order valence-corrected chi connectivity index (χ2v) is 4.54. The number of likely N-dealkylation sites (N-methyl/N-ethyl adjacent to an activating group) is 2. The van der Waals surface area contributed by atoms with E-state index in [9.17, 15) is 9.59 Å². The predicted octanol–water partition coefficient (Wildman–Crippen LogP) is 1.69. The summed E-state index contributed by atoms with van der Waals surface area (Å²) in [6.07, 6.45) is 1.25.